The number of aryl methyl sites for hydroxylation is 1. The Bertz CT molecular complexity index is 1900. The van der Waals surface area contributed by atoms with E-state index in [9.17, 15) is 19.1 Å². The van der Waals surface area contributed by atoms with Crippen LogP contribution in [0, 0.1) is 5.82 Å². The summed E-state index contributed by atoms with van der Waals surface area (Å²) in [4.78, 5) is 36.8. The van der Waals surface area contributed by atoms with Crippen LogP contribution in [0.4, 0.5) is 4.39 Å². The van der Waals surface area contributed by atoms with Gasteiger partial charge in [-0.3, -0.25) is 23.4 Å². The van der Waals surface area contributed by atoms with Crippen LogP contribution in [0.5, 0.6) is 0 Å². The van der Waals surface area contributed by atoms with Gasteiger partial charge in [0, 0.05) is 43.5 Å². The molecule has 42 heavy (non-hydrogen) atoms. The van der Waals surface area contributed by atoms with Crippen molar-refractivity contribution in [2.45, 2.75) is 43.7 Å². The topological polar surface area (TPSA) is 124 Å². The minimum absolute atomic E-state index is 0.00885. The van der Waals surface area contributed by atoms with Gasteiger partial charge in [0.2, 0.25) is 5.76 Å². The summed E-state index contributed by atoms with van der Waals surface area (Å²) in [7, 11) is 1.72. The smallest absolute Gasteiger partial charge is 0.291 e. The average Bonchev–Trinajstić information content (AvgIpc) is 3.38. The zero-order valence-corrected chi connectivity index (χ0v) is 23.5. The summed E-state index contributed by atoms with van der Waals surface area (Å²) in [6.45, 7) is 0.630. The summed E-state index contributed by atoms with van der Waals surface area (Å²) >= 11 is 6.58. The number of rotatable bonds is 6. The van der Waals surface area contributed by atoms with E-state index in [2.05, 4.69) is 15.1 Å². The molecule has 1 aliphatic carbocycles. The number of carbonyl (C=O) groups is 1. The van der Waals surface area contributed by atoms with Crippen LogP contribution in [0.1, 0.15) is 48.0 Å². The lowest BCUT2D eigenvalue weighted by atomic mass is 9.91. The van der Waals surface area contributed by atoms with Crippen LogP contribution in [-0.4, -0.2) is 63.5 Å². The Morgan fingerprint density at radius 1 is 1.19 bits per heavy atom. The van der Waals surface area contributed by atoms with Crippen LogP contribution in [0.25, 0.3) is 28.0 Å². The summed E-state index contributed by atoms with van der Waals surface area (Å²) in [5, 5.41) is 16.0. The molecular formula is C29H27ClFN7O4. The number of piperidine rings is 1. The number of carbonyl (C=O) groups excluding carboxylic acids is 1. The molecule has 5 aromatic rings. The molecule has 1 aliphatic heterocycles. The van der Waals surface area contributed by atoms with E-state index in [0.717, 1.165) is 12.8 Å². The molecule has 2 fully saturated rings. The van der Waals surface area contributed by atoms with E-state index in [-0.39, 0.29) is 47.2 Å². The first kappa shape index (κ1) is 26.6. The fourth-order valence-corrected chi connectivity index (χ4v) is 5.88. The van der Waals surface area contributed by atoms with E-state index in [4.69, 9.17) is 16.0 Å². The number of hydrogen-bond acceptors (Lipinski definition) is 7. The largest absolute Gasteiger partial charge is 0.435 e. The average molecular weight is 592 g/mol. The number of aromatic nitrogens is 6. The third-order valence-corrected chi connectivity index (χ3v) is 8.43. The van der Waals surface area contributed by atoms with Crippen LogP contribution >= 0.6 is 11.6 Å². The van der Waals surface area contributed by atoms with Gasteiger partial charge in [0.15, 0.2) is 11.5 Å². The maximum absolute atomic E-state index is 14.7. The zero-order valence-electron chi connectivity index (χ0n) is 22.7. The molecule has 0 unspecified atom stereocenters. The molecule has 2 aliphatic rings. The van der Waals surface area contributed by atoms with E-state index >= 15 is 0 Å². The van der Waals surface area contributed by atoms with E-state index < -0.39 is 11.4 Å². The van der Waals surface area contributed by atoms with Crippen molar-refractivity contribution in [1.82, 2.24) is 33.8 Å². The molecule has 0 spiro atoms. The van der Waals surface area contributed by atoms with Crippen molar-refractivity contribution in [3.05, 3.63) is 82.0 Å². The van der Waals surface area contributed by atoms with Crippen molar-refractivity contribution in [2.75, 3.05) is 13.1 Å². The lowest BCUT2D eigenvalue weighted by Gasteiger charge is -2.38. The van der Waals surface area contributed by atoms with Gasteiger partial charge in [0.05, 0.1) is 29.4 Å². The fraction of sp³-hybridized carbons (Fsp3) is 0.345. The Hall–Kier alpha value is -4.29. The zero-order chi connectivity index (χ0) is 29.2. The lowest BCUT2D eigenvalue weighted by molar-refractivity contribution is -0.0304. The van der Waals surface area contributed by atoms with Gasteiger partial charge in [-0.1, -0.05) is 11.6 Å². The van der Waals surface area contributed by atoms with E-state index in [0.29, 0.717) is 47.5 Å². The normalized spacial score (nSPS) is 16.8. The van der Waals surface area contributed by atoms with Crippen molar-refractivity contribution < 1.29 is 18.7 Å². The van der Waals surface area contributed by atoms with E-state index in [1.165, 1.54) is 29.2 Å². The predicted octanol–water partition coefficient (Wildman–Crippen LogP) is 3.91. The highest BCUT2D eigenvalue weighted by molar-refractivity contribution is 6.31. The lowest BCUT2D eigenvalue weighted by Crippen LogP contribution is -2.49. The number of oxazole rings is 1. The third kappa shape index (κ3) is 4.60. The number of hydrogen-bond donors (Lipinski definition) is 1. The molecule has 1 saturated heterocycles. The highest BCUT2D eigenvalue weighted by Gasteiger charge is 2.37. The molecule has 7 rings (SSSR count). The molecule has 0 bridgehead atoms. The summed E-state index contributed by atoms with van der Waals surface area (Å²) in [5.41, 5.74) is 0.186. The number of halogens is 2. The van der Waals surface area contributed by atoms with Crippen LogP contribution in [0.2, 0.25) is 5.15 Å². The molecule has 0 atom stereocenters. The van der Waals surface area contributed by atoms with Gasteiger partial charge in [0.25, 0.3) is 11.5 Å². The minimum Gasteiger partial charge on any atom is -0.435 e. The van der Waals surface area contributed by atoms with Crippen LogP contribution < -0.4 is 5.56 Å². The Balaban J connectivity index is 1.11. The second kappa shape index (κ2) is 9.92. The quantitative estimate of drug-likeness (QED) is 0.317. The maximum Gasteiger partial charge on any atom is 0.291 e. The first-order chi connectivity index (χ1) is 20.2. The Kier molecular flexibility index (Phi) is 6.28. The SMILES string of the molecule is Cn1nccc1-c1cc(-n2c(Cl)cc3c(=O)n(CC4(O)CCN(C(=O)c5cnc(C6CC6)o5)CC4)cnc32)ccc1F. The van der Waals surface area contributed by atoms with Gasteiger partial charge in [-0.25, -0.2) is 14.4 Å². The molecule has 0 radical (unpaired) electrons. The summed E-state index contributed by atoms with van der Waals surface area (Å²) in [5.74, 6) is 0.462. The van der Waals surface area contributed by atoms with Crippen molar-refractivity contribution in [2.24, 2.45) is 7.05 Å². The predicted molar refractivity (Wildman–Crippen MR) is 151 cm³/mol. The highest BCUT2D eigenvalue weighted by Crippen LogP contribution is 2.39. The van der Waals surface area contributed by atoms with Gasteiger partial charge >= 0.3 is 0 Å². The second-order valence-electron chi connectivity index (χ2n) is 11.1. The molecule has 1 saturated carbocycles. The molecule has 1 aromatic carbocycles. The molecule has 5 heterocycles. The minimum atomic E-state index is -1.21. The number of nitrogens with zero attached hydrogens (tertiary/aromatic N) is 7. The third-order valence-electron chi connectivity index (χ3n) is 8.15. The molecule has 216 valence electrons. The summed E-state index contributed by atoms with van der Waals surface area (Å²) in [6, 6.07) is 7.76. The van der Waals surface area contributed by atoms with Crippen LogP contribution in [-0.2, 0) is 13.6 Å². The molecule has 13 heteroatoms. The van der Waals surface area contributed by atoms with Crippen molar-refractivity contribution in [1.29, 1.82) is 0 Å². The Morgan fingerprint density at radius 3 is 2.69 bits per heavy atom. The Labute approximate surface area is 243 Å². The Morgan fingerprint density at radius 2 is 1.98 bits per heavy atom. The second-order valence-corrected chi connectivity index (χ2v) is 11.5. The standard InChI is InChI=1S/C29H27ClFN7O4/c1-35-22(6-9-34-35)19-12-18(4-5-21(19)31)38-24(30)13-20-25(38)33-16-37(27(20)39)15-29(41)7-10-36(11-8-29)28(40)23-14-32-26(42-23)17-2-3-17/h4-6,9,12-14,16-17,41H,2-3,7-8,10-11,15H2,1H3. The van der Waals surface area contributed by atoms with Gasteiger partial charge in [0.1, 0.15) is 17.3 Å². The first-order valence-electron chi connectivity index (χ1n) is 13.7. The molecule has 1 N–H and O–H groups in total. The van der Waals surface area contributed by atoms with Gasteiger partial charge < -0.3 is 14.4 Å². The van der Waals surface area contributed by atoms with E-state index in [1.54, 1.807) is 45.6 Å². The summed E-state index contributed by atoms with van der Waals surface area (Å²) in [6.07, 6.45) is 7.05. The monoisotopic (exact) mass is 591 g/mol. The number of amides is 1. The summed E-state index contributed by atoms with van der Waals surface area (Å²) < 4.78 is 24.9. The molecular weight excluding hydrogens is 565 g/mol. The van der Waals surface area contributed by atoms with Gasteiger partial charge in [-0.2, -0.15) is 5.10 Å². The van der Waals surface area contributed by atoms with E-state index in [1.807, 2.05) is 0 Å². The van der Waals surface area contributed by atoms with Crippen molar-refractivity contribution in [3.63, 3.8) is 0 Å². The highest BCUT2D eigenvalue weighted by atomic mass is 35.5. The molecule has 4 aromatic heterocycles. The number of likely N-dealkylation sites (tertiary alicyclic amines) is 1. The maximum atomic E-state index is 14.7. The fourth-order valence-electron chi connectivity index (χ4n) is 5.59. The van der Waals surface area contributed by atoms with Crippen LogP contribution in [0.15, 0.2) is 58.3 Å². The number of aliphatic hydroxyl groups is 1. The molecule has 11 nitrogen and oxygen atoms in total. The molecule has 1 amide bonds. The van der Waals surface area contributed by atoms with Crippen molar-refractivity contribution >= 4 is 28.5 Å². The first-order valence-corrected chi connectivity index (χ1v) is 14.1. The van der Waals surface area contributed by atoms with Gasteiger partial charge in [-0.05, 0) is 56.0 Å². The van der Waals surface area contributed by atoms with Crippen molar-refractivity contribution in [3.8, 4) is 16.9 Å². The van der Waals surface area contributed by atoms with Gasteiger partial charge in [-0.15, -0.1) is 0 Å². The number of fused-ring (bicyclic) bond motifs is 1. The number of benzene rings is 1. The van der Waals surface area contributed by atoms with Crippen LogP contribution in [0.3, 0.4) is 0 Å².